The van der Waals surface area contributed by atoms with Crippen molar-refractivity contribution in [1.29, 1.82) is 0 Å². The highest BCUT2D eigenvalue weighted by Gasteiger charge is 2.45. The van der Waals surface area contributed by atoms with Gasteiger partial charge in [0.2, 0.25) is 5.91 Å². The lowest BCUT2D eigenvalue weighted by molar-refractivity contribution is -0.186. The Morgan fingerprint density at radius 2 is 1.96 bits per heavy atom. The Labute approximate surface area is 159 Å². The number of carbonyl (C=O) groups excluding carboxylic acids is 1. The predicted octanol–water partition coefficient (Wildman–Crippen LogP) is 4.94. The minimum Gasteiger partial charge on any atom is -0.381 e. The lowest BCUT2D eigenvalue weighted by Gasteiger charge is -2.40. The Morgan fingerprint density at radius 3 is 2.62 bits per heavy atom. The number of amides is 1. The molecule has 1 aliphatic carbocycles. The summed E-state index contributed by atoms with van der Waals surface area (Å²) >= 11 is 3.46. The number of hydrogen-bond acceptors (Lipinski definition) is 2. The first-order valence-electron chi connectivity index (χ1n) is 9.03. The van der Waals surface area contributed by atoms with Crippen LogP contribution in [0.5, 0.6) is 0 Å². The third kappa shape index (κ3) is 4.42. The van der Waals surface area contributed by atoms with E-state index in [1.165, 1.54) is 0 Å². The lowest BCUT2D eigenvalue weighted by Crippen LogP contribution is -2.52. The molecule has 1 aromatic carbocycles. The predicted molar refractivity (Wildman–Crippen MR) is 95.5 cm³/mol. The summed E-state index contributed by atoms with van der Waals surface area (Å²) in [7, 11) is 0. The monoisotopic (exact) mass is 433 g/mol. The molecule has 0 spiro atoms. The lowest BCUT2D eigenvalue weighted by atomic mass is 9.78. The number of halogens is 4. The van der Waals surface area contributed by atoms with Crippen molar-refractivity contribution in [2.45, 2.75) is 50.2 Å². The van der Waals surface area contributed by atoms with Crippen LogP contribution in [-0.4, -0.2) is 25.3 Å². The van der Waals surface area contributed by atoms with Gasteiger partial charge in [-0.15, -0.1) is 0 Å². The summed E-state index contributed by atoms with van der Waals surface area (Å²) in [6.45, 7) is 1.03. The Bertz CT molecular complexity index is 644. The molecule has 0 radical (unpaired) electrons. The Hall–Kier alpha value is -1.08. The van der Waals surface area contributed by atoms with Crippen LogP contribution in [0.15, 0.2) is 28.7 Å². The molecule has 1 amide bonds. The van der Waals surface area contributed by atoms with Gasteiger partial charge >= 0.3 is 6.18 Å². The molecular weight excluding hydrogens is 411 g/mol. The van der Waals surface area contributed by atoms with Gasteiger partial charge in [0.1, 0.15) is 0 Å². The van der Waals surface area contributed by atoms with Gasteiger partial charge in [-0.25, -0.2) is 0 Å². The third-order valence-corrected chi connectivity index (χ3v) is 6.09. The van der Waals surface area contributed by atoms with E-state index in [1.807, 2.05) is 24.3 Å². The van der Waals surface area contributed by atoms with Crippen molar-refractivity contribution < 1.29 is 22.7 Å². The summed E-state index contributed by atoms with van der Waals surface area (Å²) in [5.74, 6) is -2.22. The van der Waals surface area contributed by atoms with Crippen molar-refractivity contribution in [3.8, 4) is 0 Å². The largest absolute Gasteiger partial charge is 0.391 e. The van der Waals surface area contributed by atoms with Gasteiger partial charge in [-0.2, -0.15) is 13.2 Å². The van der Waals surface area contributed by atoms with Crippen molar-refractivity contribution in [2.24, 2.45) is 11.8 Å². The van der Waals surface area contributed by atoms with Crippen molar-refractivity contribution in [1.82, 2.24) is 5.32 Å². The van der Waals surface area contributed by atoms with Gasteiger partial charge in [0.05, 0.1) is 11.5 Å². The Balaban J connectivity index is 1.78. The fourth-order valence-corrected chi connectivity index (χ4v) is 4.45. The second-order valence-electron chi connectivity index (χ2n) is 7.30. The molecule has 0 aromatic heterocycles. The maximum Gasteiger partial charge on any atom is 0.391 e. The first kappa shape index (κ1) is 19.7. The van der Waals surface area contributed by atoms with E-state index in [4.69, 9.17) is 4.74 Å². The topological polar surface area (TPSA) is 38.3 Å². The molecule has 0 bridgehead atoms. The van der Waals surface area contributed by atoms with Crippen molar-refractivity contribution in [3.05, 3.63) is 34.3 Å². The molecule has 2 unspecified atom stereocenters. The SMILES string of the molecule is O=C(NC1(c2cccc(Br)c2)CCOCC1)C1CCCC(C(F)(F)F)C1. The number of rotatable bonds is 3. The number of nitrogens with one attached hydrogen (secondary N) is 1. The maximum atomic E-state index is 13.1. The van der Waals surface area contributed by atoms with E-state index >= 15 is 0 Å². The fraction of sp³-hybridized carbons (Fsp3) is 0.632. The third-order valence-electron chi connectivity index (χ3n) is 5.59. The zero-order valence-corrected chi connectivity index (χ0v) is 16.0. The second-order valence-corrected chi connectivity index (χ2v) is 8.21. The molecular formula is C19H23BrF3NO2. The van der Waals surface area contributed by atoms with Crippen LogP contribution in [0.3, 0.4) is 0 Å². The van der Waals surface area contributed by atoms with Crippen LogP contribution in [-0.2, 0) is 15.1 Å². The van der Waals surface area contributed by atoms with Crippen LogP contribution >= 0.6 is 15.9 Å². The van der Waals surface area contributed by atoms with Crippen LogP contribution < -0.4 is 5.32 Å². The molecule has 3 nitrogen and oxygen atoms in total. The van der Waals surface area contributed by atoms with Crippen LogP contribution in [0.4, 0.5) is 13.2 Å². The van der Waals surface area contributed by atoms with E-state index in [2.05, 4.69) is 21.2 Å². The van der Waals surface area contributed by atoms with Gasteiger partial charge in [-0.3, -0.25) is 4.79 Å². The van der Waals surface area contributed by atoms with Gasteiger partial charge < -0.3 is 10.1 Å². The summed E-state index contributed by atoms with van der Waals surface area (Å²) in [6, 6.07) is 7.73. The molecule has 1 saturated carbocycles. The van der Waals surface area contributed by atoms with Crippen molar-refractivity contribution in [3.63, 3.8) is 0 Å². The highest BCUT2D eigenvalue weighted by atomic mass is 79.9. The number of hydrogen-bond donors (Lipinski definition) is 1. The molecule has 2 atom stereocenters. The Kier molecular flexibility index (Phi) is 5.97. The average Bonchev–Trinajstić information content (AvgIpc) is 2.62. The standard InChI is InChI=1S/C19H23BrF3NO2/c20-16-6-2-4-14(12-16)18(7-9-26-10-8-18)24-17(25)13-3-1-5-15(11-13)19(21,22)23/h2,4,6,12-13,15H,1,3,5,7-11H2,(H,24,25). The van der Waals surface area contributed by atoms with Crippen LogP contribution in [0.1, 0.15) is 44.1 Å². The van der Waals surface area contributed by atoms with Gasteiger partial charge in [0, 0.05) is 23.6 Å². The molecule has 1 heterocycles. The molecule has 1 saturated heterocycles. The summed E-state index contributed by atoms with van der Waals surface area (Å²) in [5, 5.41) is 3.11. The van der Waals surface area contributed by atoms with Crippen LogP contribution in [0.25, 0.3) is 0 Å². The van der Waals surface area contributed by atoms with Crippen molar-refractivity contribution in [2.75, 3.05) is 13.2 Å². The number of ether oxygens (including phenoxy) is 1. The van der Waals surface area contributed by atoms with Gasteiger partial charge in [0.25, 0.3) is 0 Å². The molecule has 2 fully saturated rings. The molecule has 26 heavy (non-hydrogen) atoms. The number of alkyl halides is 3. The van der Waals surface area contributed by atoms with E-state index in [1.54, 1.807) is 0 Å². The molecule has 144 valence electrons. The first-order valence-corrected chi connectivity index (χ1v) is 9.82. The number of carbonyl (C=O) groups is 1. The molecule has 1 N–H and O–H groups in total. The molecule has 1 aliphatic heterocycles. The van der Waals surface area contributed by atoms with E-state index in [9.17, 15) is 18.0 Å². The van der Waals surface area contributed by atoms with Crippen LogP contribution in [0.2, 0.25) is 0 Å². The summed E-state index contributed by atoms with van der Waals surface area (Å²) in [5.41, 5.74) is 0.385. The van der Waals surface area contributed by atoms with E-state index < -0.39 is 23.6 Å². The second kappa shape index (κ2) is 7.89. The van der Waals surface area contributed by atoms with E-state index in [-0.39, 0.29) is 18.7 Å². The van der Waals surface area contributed by atoms with Crippen LogP contribution in [0, 0.1) is 11.8 Å². The Morgan fingerprint density at radius 1 is 1.23 bits per heavy atom. The van der Waals surface area contributed by atoms with Gasteiger partial charge in [-0.05, 0) is 49.8 Å². The molecule has 3 rings (SSSR count). The average molecular weight is 434 g/mol. The number of benzene rings is 1. The van der Waals surface area contributed by atoms with E-state index in [0.29, 0.717) is 38.9 Å². The quantitative estimate of drug-likeness (QED) is 0.732. The van der Waals surface area contributed by atoms with Gasteiger partial charge in [0.15, 0.2) is 0 Å². The normalized spacial score (nSPS) is 26.3. The minimum atomic E-state index is -4.22. The van der Waals surface area contributed by atoms with E-state index in [0.717, 1.165) is 10.0 Å². The molecule has 7 heteroatoms. The smallest absolute Gasteiger partial charge is 0.381 e. The van der Waals surface area contributed by atoms with Crippen molar-refractivity contribution >= 4 is 21.8 Å². The maximum absolute atomic E-state index is 13.1. The highest BCUT2D eigenvalue weighted by Crippen LogP contribution is 2.41. The zero-order chi connectivity index (χ0) is 18.8. The highest BCUT2D eigenvalue weighted by molar-refractivity contribution is 9.10. The fourth-order valence-electron chi connectivity index (χ4n) is 4.05. The zero-order valence-electron chi connectivity index (χ0n) is 14.4. The molecule has 1 aromatic rings. The molecule has 2 aliphatic rings. The minimum absolute atomic E-state index is 0.111. The first-order chi connectivity index (χ1) is 12.3. The summed E-state index contributed by atoms with van der Waals surface area (Å²) in [6.07, 6.45) is -2.02. The van der Waals surface area contributed by atoms with Gasteiger partial charge in [-0.1, -0.05) is 34.5 Å². The summed E-state index contributed by atoms with van der Waals surface area (Å²) in [4.78, 5) is 12.9. The summed E-state index contributed by atoms with van der Waals surface area (Å²) < 4.78 is 45.6.